The van der Waals surface area contributed by atoms with Crippen LogP contribution in [0.25, 0.3) is 0 Å². The van der Waals surface area contributed by atoms with Crippen molar-refractivity contribution in [2.75, 3.05) is 0 Å². The molecule has 0 aromatic carbocycles. The second kappa shape index (κ2) is 3.46. The minimum absolute atomic E-state index is 0.746. The van der Waals surface area contributed by atoms with Crippen LogP contribution >= 0.6 is 0 Å². The second-order valence-corrected chi connectivity index (χ2v) is 3.97. The van der Waals surface area contributed by atoms with E-state index in [4.69, 9.17) is 0 Å². The third kappa shape index (κ3) is 1.73. The molecule has 2 nitrogen and oxygen atoms in total. The molecule has 2 unspecified atom stereocenters. The molecule has 0 saturated carbocycles. The molecule has 1 aliphatic heterocycles. The van der Waals surface area contributed by atoms with E-state index in [9.17, 15) is 0 Å². The molecular formula is C11H16N2. The Bertz CT molecular complexity index is 263. The standard InChI is InChI=1S/C11H16N2/c1-9-6-10(2)13(9)8-11-4-3-5-12-7-11/h3-5,7,9-10H,6,8H2,1-2H3. The van der Waals surface area contributed by atoms with Crippen LogP contribution in [-0.4, -0.2) is 22.0 Å². The molecule has 2 heterocycles. The van der Waals surface area contributed by atoms with Crippen LogP contribution in [0.3, 0.4) is 0 Å². The number of pyridine rings is 1. The van der Waals surface area contributed by atoms with Crippen LogP contribution in [0.5, 0.6) is 0 Å². The Morgan fingerprint density at radius 2 is 2.23 bits per heavy atom. The van der Waals surface area contributed by atoms with Crippen molar-refractivity contribution in [3.8, 4) is 0 Å². The molecule has 0 radical (unpaired) electrons. The van der Waals surface area contributed by atoms with Crippen LogP contribution in [0.2, 0.25) is 0 Å². The lowest BCUT2D eigenvalue weighted by atomic mass is 9.95. The highest BCUT2D eigenvalue weighted by Gasteiger charge is 2.30. The summed E-state index contributed by atoms with van der Waals surface area (Å²) in [7, 11) is 0. The highest BCUT2D eigenvalue weighted by atomic mass is 15.2. The molecule has 0 bridgehead atoms. The zero-order chi connectivity index (χ0) is 9.26. The highest BCUT2D eigenvalue weighted by Crippen LogP contribution is 2.26. The van der Waals surface area contributed by atoms with Crippen molar-refractivity contribution in [1.29, 1.82) is 0 Å². The molecule has 1 aromatic heterocycles. The second-order valence-electron chi connectivity index (χ2n) is 3.97. The van der Waals surface area contributed by atoms with Crippen molar-refractivity contribution in [2.45, 2.75) is 38.9 Å². The predicted octanol–water partition coefficient (Wildman–Crippen LogP) is 2.06. The normalized spacial score (nSPS) is 28.5. The van der Waals surface area contributed by atoms with E-state index in [-0.39, 0.29) is 0 Å². The van der Waals surface area contributed by atoms with Gasteiger partial charge in [-0.25, -0.2) is 0 Å². The first-order valence-corrected chi connectivity index (χ1v) is 4.92. The molecule has 2 atom stereocenters. The Balaban J connectivity index is 1.99. The first-order valence-electron chi connectivity index (χ1n) is 4.92. The van der Waals surface area contributed by atoms with Gasteiger partial charge in [-0.15, -0.1) is 0 Å². The van der Waals surface area contributed by atoms with Gasteiger partial charge in [0.05, 0.1) is 0 Å². The van der Waals surface area contributed by atoms with E-state index in [0.717, 1.165) is 18.6 Å². The Hall–Kier alpha value is -0.890. The van der Waals surface area contributed by atoms with E-state index < -0.39 is 0 Å². The van der Waals surface area contributed by atoms with Gasteiger partial charge in [0.1, 0.15) is 0 Å². The van der Waals surface area contributed by atoms with Crippen LogP contribution in [0, 0.1) is 0 Å². The molecule has 13 heavy (non-hydrogen) atoms. The van der Waals surface area contributed by atoms with Crippen LogP contribution in [0.1, 0.15) is 25.8 Å². The fraction of sp³-hybridized carbons (Fsp3) is 0.545. The fourth-order valence-corrected chi connectivity index (χ4v) is 2.08. The van der Waals surface area contributed by atoms with Crippen LogP contribution < -0.4 is 0 Å². The van der Waals surface area contributed by atoms with E-state index in [0.29, 0.717) is 0 Å². The molecule has 70 valence electrons. The maximum atomic E-state index is 4.12. The summed E-state index contributed by atoms with van der Waals surface area (Å²) in [4.78, 5) is 6.63. The summed E-state index contributed by atoms with van der Waals surface area (Å²) in [5.41, 5.74) is 1.32. The monoisotopic (exact) mass is 176 g/mol. The minimum Gasteiger partial charge on any atom is -0.294 e. The van der Waals surface area contributed by atoms with Gasteiger partial charge in [0.25, 0.3) is 0 Å². The Morgan fingerprint density at radius 1 is 1.46 bits per heavy atom. The number of aromatic nitrogens is 1. The average Bonchev–Trinajstić information content (AvgIpc) is 2.16. The van der Waals surface area contributed by atoms with Crippen molar-refractivity contribution in [3.63, 3.8) is 0 Å². The molecule has 0 spiro atoms. The third-order valence-corrected chi connectivity index (χ3v) is 2.90. The number of hydrogen-bond donors (Lipinski definition) is 0. The summed E-state index contributed by atoms with van der Waals surface area (Å²) in [6.07, 6.45) is 5.12. The largest absolute Gasteiger partial charge is 0.294 e. The van der Waals surface area contributed by atoms with Gasteiger partial charge in [0, 0.05) is 31.0 Å². The zero-order valence-corrected chi connectivity index (χ0v) is 8.27. The molecule has 1 saturated heterocycles. The van der Waals surface area contributed by atoms with E-state index in [1.54, 1.807) is 0 Å². The van der Waals surface area contributed by atoms with Crippen molar-refractivity contribution in [2.24, 2.45) is 0 Å². The van der Waals surface area contributed by atoms with Crippen molar-refractivity contribution >= 4 is 0 Å². The summed E-state index contributed by atoms with van der Waals surface area (Å²) in [6.45, 7) is 5.63. The summed E-state index contributed by atoms with van der Waals surface area (Å²) in [5, 5.41) is 0. The topological polar surface area (TPSA) is 16.1 Å². The molecule has 2 rings (SSSR count). The van der Waals surface area contributed by atoms with Crippen molar-refractivity contribution in [1.82, 2.24) is 9.88 Å². The molecule has 0 amide bonds. The summed E-state index contributed by atoms with van der Waals surface area (Å²) >= 11 is 0. The first kappa shape index (κ1) is 8.70. The molecule has 0 N–H and O–H groups in total. The van der Waals surface area contributed by atoms with Crippen LogP contribution in [0.4, 0.5) is 0 Å². The average molecular weight is 176 g/mol. The maximum absolute atomic E-state index is 4.12. The van der Waals surface area contributed by atoms with Crippen molar-refractivity contribution < 1.29 is 0 Å². The van der Waals surface area contributed by atoms with Gasteiger partial charge in [-0.3, -0.25) is 9.88 Å². The van der Waals surface area contributed by atoms with Gasteiger partial charge in [-0.05, 0) is 31.9 Å². The number of nitrogens with zero attached hydrogens (tertiary/aromatic N) is 2. The van der Waals surface area contributed by atoms with Gasteiger partial charge in [0.15, 0.2) is 0 Å². The molecule has 1 aromatic rings. The lowest BCUT2D eigenvalue weighted by Crippen LogP contribution is -2.51. The van der Waals surface area contributed by atoms with Crippen LogP contribution in [0.15, 0.2) is 24.5 Å². The van der Waals surface area contributed by atoms with Gasteiger partial charge in [-0.2, -0.15) is 0 Å². The van der Waals surface area contributed by atoms with E-state index in [2.05, 4.69) is 29.8 Å². The minimum atomic E-state index is 0.746. The first-order chi connectivity index (χ1) is 6.27. The SMILES string of the molecule is CC1CC(C)N1Cc1cccnc1. The fourth-order valence-electron chi connectivity index (χ4n) is 2.08. The van der Waals surface area contributed by atoms with Gasteiger partial charge in [-0.1, -0.05) is 6.07 Å². The highest BCUT2D eigenvalue weighted by molar-refractivity contribution is 5.09. The van der Waals surface area contributed by atoms with Crippen LogP contribution in [-0.2, 0) is 6.54 Å². The Kier molecular flexibility index (Phi) is 2.32. The number of likely N-dealkylation sites (tertiary alicyclic amines) is 1. The smallest absolute Gasteiger partial charge is 0.0312 e. The lowest BCUT2D eigenvalue weighted by Gasteiger charge is -2.45. The molecule has 2 heteroatoms. The van der Waals surface area contributed by atoms with Crippen molar-refractivity contribution in [3.05, 3.63) is 30.1 Å². The summed E-state index contributed by atoms with van der Waals surface area (Å²) in [5.74, 6) is 0. The molecular weight excluding hydrogens is 160 g/mol. The van der Waals surface area contributed by atoms with E-state index in [1.165, 1.54) is 12.0 Å². The van der Waals surface area contributed by atoms with E-state index in [1.807, 2.05) is 18.5 Å². The summed E-state index contributed by atoms with van der Waals surface area (Å²) in [6, 6.07) is 5.64. The predicted molar refractivity (Wildman–Crippen MR) is 53.3 cm³/mol. The van der Waals surface area contributed by atoms with E-state index >= 15 is 0 Å². The lowest BCUT2D eigenvalue weighted by molar-refractivity contribution is 0.0295. The maximum Gasteiger partial charge on any atom is 0.0312 e. The quantitative estimate of drug-likeness (QED) is 0.685. The molecule has 0 aliphatic carbocycles. The Labute approximate surface area is 79.6 Å². The summed E-state index contributed by atoms with van der Waals surface area (Å²) < 4.78 is 0. The van der Waals surface area contributed by atoms with Gasteiger partial charge in [0.2, 0.25) is 0 Å². The Morgan fingerprint density at radius 3 is 2.77 bits per heavy atom. The number of rotatable bonds is 2. The third-order valence-electron chi connectivity index (χ3n) is 2.90. The number of hydrogen-bond acceptors (Lipinski definition) is 2. The molecule has 1 fully saturated rings. The zero-order valence-electron chi connectivity index (χ0n) is 8.27. The van der Waals surface area contributed by atoms with Gasteiger partial charge >= 0.3 is 0 Å². The van der Waals surface area contributed by atoms with Gasteiger partial charge < -0.3 is 0 Å². The molecule has 1 aliphatic rings.